The number of para-hydroxylation sites is 1. The molecule has 1 amide bonds. The fourth-order valence-corrected chi connectivity index (χ4v) is 2.78. The van der Waals surface area contributed by atoms with Crippen LogP contribution in [0.25, 0.3) is 0 Å². The molecule has 1 N–H and O–H groups in total. The standard InChI is InChI=1S/C17H21N3O2/c1-13-11-20-12-14(7-8-16(20)18-13)19-17(21)9-10-22-15-5-3-2-4-6-15/h2-6,11,14H,7-10,12H2,1H3,(H,19,21)/t14-/m1/s1. The van der Waals surface area contributed by atoms with Crippen LogP contribution >= 0.6 is 0 Å². The average molecular weight is 299 g/mol. The van der Waals surface area contributed by atoms with Crippen molar-refractivity contribution in [1.29, 1.82) is 0 Å². The van der Waals surface area contributed by atoms with Gasteiger partial charge in [-0.2, -0.15) is 0 Å². The Kier molecular flexibility index (Phi) is 4.42. The van der Waals surface area contributed by atoms with E-state index in [1.165, 1.54) is 0 Å². The highest BCUT2D eigenvalue weighted by Crippen LogP contribution is 2.15. The number of carbonyl (C=O) groups is 1. The lowest BCUT2D eigenvalue weighted by atomic mass is 10.1. The van der Waals surface area contributed by atoms with Crippen LogP contribution in [0.3, 0.4) is 0 Å². The molecule has 5 nitrogen and oxygen atoms in total. The second-order valence-corrected chi connectivity index (χ2v) is 5.67. The van der Waals surface area contributed by atoms with Crippen LogP contribution < -0.4 is 10.1 Å². The Balaban J connectivity index is 1.43. The number of aromatic nitrogens is 2. The third-order valence-electron chi connectivity index (χ3n) is 3.82. The summed E-state index contributed by atoms with van der Waals surface area (Å²) in [6, 6.07) is 9.74. The largest absolute Gasteiger partial charge is 0.493 e. The van der Waals surface area contributed by atoms with Gasteiger partial charge in [0, 0.05) is 25.2 Å². The van der Waals surface area contributed by atoms with Crippen LogP contribution in [0.2, 0.25) is 0 Å². The number of benzene rings is 1. The van der Waals surface area contributed by atoms with Crippen molar-refractivity contribution in [3.63, 3.8) is 0 Å². The molecule has 2 heterocycles. The maximum atomic E-state index is 12.0. The van der Waals surface area contributed by atoms with Crippen molar-refractivity contribution in [3.8, 4) is 5.75 Å². The normalized spacial score (nSPS) is 16.9. The molecule has 0 saturated carbocycles. The lowest BCUT2D eigenvalue weighted by Crippen LogP contribution is -2.41. The minimum Gasteiger partial charge on any atom is -0.493 e. The molecule has 0 saturated heterocycles. The average Bonchev–Trinajstić information content (AvgIpc) is 2.87. The lowest BCUT2D eigenvalue weighted by Gasteiger charge is -2.24. The summed E-state index contributed by atoms with van der Waals surface area (Å²) >= 11 is 0. The van der Waals surface area contributed by atoms with Gasteiger partial charge in [0.25, 0.3) is 0 Å². The minimum absolute atomic E-state index is 0.0428. The molecule has 1 atom stereocenters. The number of hydrogen-bond acceptors (Lipinski definition) is 3. The van der Waals surface area contributed by atoms with Crippen LogP contribution in [0, 0.1) is 6.92 Å². The monoisotopic (exact) mass is 299 g/mol. The Morgan fingerprint density at radius 3 is 3.05 bits per heavy atom. The second-order valence-electron chi connectivity index (χ2n) is 5.67. The molecule has 0 fully saturated rings. The van der Waals surface area contributed by atoms with E-state index in [0.29, 0.717) is 13.0 Å². The number of nitrogens with one attached hydrogen (secondary N) is 1. The fraction of sp³-hybridized carbons (Fsp3) is 0.412. The van der Waals surface area contributed by atoms with E-state index in [0.717, 1.165) is 36.7 Å². The third kappa shape index (κ3) is 3.67. The predicted octanol–water partition coefficient (Wildman–Crippen LogP) is 2.09. The molecule has 3 rings (SSSR count). The number of carbonyl (C=O) groups excluding carboxylic acids is 1. The molecule has 1 aliphatic rings. The van der Waals surface area contributed by atoms with Gasteiger partial charge in [-0.1, -0.05) is 18.2 Å². The summed E-state index contributed by atoms with van der Waals surface area (Å²) in [7, 11) is 0. The van der Waals surface area contributed by atoms with E-state index in [1.807, 2.05) is 43.5 Å². The molecule has 1 aromatic heterocycles. The summed E-state index contributed by atoms with van der Waals surface area (Å²) in [6.45, 7) is 3.21. The first-order chi connectivity index (χ1) is 10.7. The summed E-state index contributed by atoms with van der Waals surface area (Å²) in [6.07, 6.45) is 4.29. The molecule has 116 valence electrons. The minimum atomic E-state index is 0.0428. The molecule has 2 aromatic rings. The number of rotatable bonds is 5. The zero-order valence-corrected chi connectivity index (χ0v) is 12.8. The number of aryl methyl sites for hydroxylation is 2. The van der Waals surface area contributed by atoms with Gasteiger partial charge in [-0.05, 0) is 25.5 Å². The second kappa shape index (κ2) is 6.64. The zero-order valence-electron chi connectivity index (χ0n) is 12.8. The Morgan fingerprint density at radius 2 is 2.23 bits per heavy atom. The highest BCUT2D eigenvalue weighted by Gasteiger charge is 2.20. The Bertz CT molecular complexity index is 637. The zero-order chi connectivity index (χ0) is 15.4. The van der Waals surface area contributed by atoms with Crippen LogP contribution in [0.15, 0.2) is 36.5 Å². The van der Waals surface area contributed by atoms with Gasteiger partial charge in [-0.25, -0.2) is 4.98 Å². The van der Waals surface area contributed by atoms with E-state index < -0.39 is 0 Å². The number of imidazole rings is 1. The number of fused-ring (bicyclic) bond motifs is 1. The quantitative estimate of drug-likeness (QED) is 0.920. The van der Waals surface area contributed by atoms with Crippen molar-refractivity contribution < 1.29 is 9.53 Å². The molecule has 0 radical (unpaired) electrons. The van der Waals surface area contributed by atoms with Gasteiger partial charge in [-0.15, -0.1) is 0 Å². The fourth-order valence-electron chi connectivity index (χ4n) is 2.78. The molecule has 22 heavy (non-hydrogen) atoms. The number of ether oxygens (including phenoxy) is 1. The molecule has 1 aliphatic heterocycles. The summed E-state index contributed by atoms with van der Waals surface area (Å²) in [5.41, 5.74) is 1.04. The van der Waals surface area contributed by atoms with Crippen molar-refractivity contribution in [1.82, 2.24) is 14.9 Å². The summed E-state index contributed by atoms with van der Waals surface area (Å²) < 4.78 is 7.69. The first-order valence-corrected chi connectivity index (χ1v) is 7.70. The van der Waals surface area contributed by atoms with Gasteiger partial charge in [0.15, 0.2) is 0 Å². The molecule has 0 unspecified atom stereocenters. The molecule has 0 spiro atoms. The highest BCUT2D eigenvalue weighted by molar-refractivity contribution is 5.76. The lowest BCUT2D eigenvalue weighted by molar-refractivity contribution is -0.122. The van der Waals surface area contributed by atoms with E-state index in [-0.39, 0.29) is 11.9 Å². The van der Waals surface area contributed by atoms with Crippen LogP contribution in [-0.2, 0) is 17.8 Å². The number of hydrogen-bond donors (Lipinski definition) is 1. The van der Waals surface area contributed by atoms with Gasteiger partial charge < -0.3 is 14.6 Å². The van der Waals surface area contributed by atoms with Gasteiger partial charge in [0.1, 0.15) is 11.6 Å². The molecular formula is C17H21N3O2. The molecular weight excluding hydrogens is 278 g/mol. The van der Waals surface area contributed by atoms with Gasteiger partial charge >= 0.3 is 0 Å². The van der Waals surface area contributed by atoms with Gasteiger partial charge in [-0.3, -0.25) is 4.79 Å². The van der Waals surface area contributed by atoms with Crippen LogP contribution in [-0.4, -0.2) is 28.1 Å². The summed E-state index contributed by atoms with van der Waals surface area (Å²) in [5, 5.41) is 3.09. The van der Waals surface area contributed by atoms with E-state index in [4.69, 9.17) is 4.74 Å². The van der Waals surface area contributed by atoms with Crippen molar-refractivity contribution in [2.45, 2.75) is 38.8 Å². The van der Waals surface area contributed by atoms with E-state index >= 15 is 0 Å². The van der Waals surface area contributed by atoms with E-state index in [9.17, 15) is 4.79 Å². The van der Waals surface area contributed by atoms with Crippen LogP contribution in [0.5, 0.6) is 5.75 Å². The summed E-state index contributed by atoms with van der Waals surface area (Å²) in [4.78, 5) is 16.5. The van der Waals surface area contributed by atoms with Crippen LogP contribution in [0.1, 0.15) is 24.4 Å². The number of nitrogens with zero attached hydrogens (tertiary/aromatic N) is 2. The third-order valence-corrected chi connectivity index (χ3v) is 3.82. The van der Waals surface area contributed by atoms with E-state index in [2.05, 4.69) is 14.9 Å². The Hall–Kier alpha value is -2.30. The molecule has 0 bridgehead atoms. The SMILES string of the molecule is Cc1cn2c(n1)CC[C@@H](NC(=O)CCOc1ccccc1)C2. The predicted molar refractivity (Wildman–Crippen MR) is 83.8 cm³/mol. The van der Waals surface area contributed by atoms with E-state index in [1.54, 1.807) is 0 Å². The van der Waals surface area contributed by atoms with Crippen molar-refractivity contribution in [2.24, 2.45) is 0 Å². The topological polar surface area (TPSA) is 56.2 Å². The maximum absolute atomic E-state index is 12.0. The molecule has 0 aliphatic carbocycles. The maximum Gasteiger partial charge on any atom is 0.223 e. The molecule has 1 aromatic carbocycles. The first kappa shape index (κ1) is 14.6. The highest BCUT2D eigenvalue weighted by atomic mass is 16.5. The van der Waals surface area contributed by atoms with Gasteiger partial charge in [0.05, 0.1) is 18.7 Å². The summed E-state index contributed by atoms with van der Waals surface area (Å²) in [5.74, 6) is 1.96. The van der Waals surface area contributed by atoms with Crippen molar-refractivity contribution >= 4 is 5.91 Å². The first-order valence-electron chi connectivity index (χ1n) is 7.70. The Morgan fingerprint density at radius 1 is 1.41 bits per heavy atom. The molecule has 5 heteroatoms. The Labute approximate surface area is 130 Å². The van der Waals surface area contributed by atoms with Crippen LogP contribution in [0.4, 0.5) is 0 Å². The van der Waals surface area contributed by atoms with Crippen molar-refractivity contribution in [2.75, 3.05) is 6.61 Å². The van der Waals surface area contributed by atoms with Gasteiger partial charge in [0.2, 0.25) is 5.91 Å². The van der Waals surface area contributed by atoms with Crippen molar-refractivity contribution in [3.05, 3.63) is 48.0 Å². The number of amides is 1. The smallest absolute Gasteiger partial charge is 0.223 e.